The number of esters is 2. The van der Waals surface area contributed by atoms with Gasteiger partial charge < -0.3 is 35.0 Å². The Morgan fingerprint density at radius 3 is 2.27 bits per heavy atom. The number of hydrogen-bond donors (Lipinski definition) is 5. The minimum absolute atomic E-state index is 0.0819. The molecule has 232 valence electrons. The van der Waals surface area contributed by atoms with E-state index in [-0.39, 0.29) is 44.3 Å². The number of aliphatic hydroxyl groups excluding tert-OH is 2. The lowest BCUT2D eigenvalue weighted by molar-refractivity contribution is -0.206. The number of carbonyl (C=O) groups excluding carboxylic acids is 3. The quantitative estimate of drug-likeness (QED) is 0.281. The van der Waals surface area contributed by atoms with Crippen LogP contribution in [-0.4, -0.2) is 84.5 Å². The first-order valence-corrected chi connectivity index (χ1v) is 14.8. The zero-order valence-electron chi connectivity index (χ0n) is 25.3. The van der Waals surface area contributed by atoms with Crippen molar-refractivity contribution in [3.63, 3.8) is 0 Å². The van der Waals surface area contributed by atoms with Gasteiger partial charge in [0.2, 0.25) is 0 Å². The number of ketones is 1. The van der Waals surface area contributed by atoms with Crippen molar-refractivity contribution in [1.82, 2.24) is 0 Å². The zero-order valence-corrected chi connectivity index (χ0v) is 25.3. The first kappa shape index (κ1) is 32.1. The van der Waals surface area contributed by atoms with Gasteiger partial charge in [0.05, 0.1) is 23.4 Å². The van der Waals surface area contributed by atoms with E-state index in [4.69, 9.17) is 9.47 Å². The summed E-state index contributed by atoms with van der Waals surface area (Å²) in [4.78, 5) is 37.4. The predicted octanol–water partition coefficient (Wildman–Crippen LogP) is 1.97. The Hall–Kier alpha value is -1.85. The number of allylic oxidation sites excluding steroid dienone is 1. The van der Waals surface area contributed by atoms with Crippen LogP contribution in [0.1, 0.15) is 93.4 Å². The first-order valence-electron chi connectivity index (χ1n) is 14.8. The van der Waals surface area contributed by atoms with E-state index in [9.17, 15) is 39.9 Å². The van der Waals surface area contributed by atoms with Gasteiger partial charge in [-0.3, -0.25) is 14.4 Å². The lowest BCUT2D eigenvalue weighted by atomic mass is 9.44. The van der Waals surface area contributed by atoms with Gasteiger partial charge in [-0.25, -0.2) is 0 Å². The predicted molar refractivity (Wildman–Crippen MR) is 147 cm³/mol. The van der Waals surface area contributed by atoms with Crippen LogP contribution in [0.3, 0.4) is 0 Å². The summed E-state index contributed by atoms with van der Waals surface area (Å²) in [5.74, 6) is -3.23. The molecule has 2 unspecified atom stereocenters. The Morgan fingerprint density at radius 1 is 1.07 bits per heavy atom. The third kappa shape index (κ3) is 5.28. The van der Waals surface area contributed by atoms with Crippen molar-refractivity contribution in [2.24, 2.45) is 28.6 Å². The van der Waals surface area contributed by atoms with Crippen LogP contribution < -0.4 is 0 Å². The molecular formula is C31H48O10. The fraction of sp³-hybridized carbons (Fsp3) is 0.839. The summed E-state index contributed by atoms with van der Waals surface area (Å²) in [6.07, 6.45) is -1.03. The lowest BCUT2D eigenvalue weighted by Crippen LogP contribution is -2.66. The molecule has 0 aliphatic heterocycles. The number of fused-ring (bicyclic) bond motifs is 5. The van der Waals surface area contributed by atoms with Crippen molar-refractivity contribution in [3.05, 3.63) is 11.6 Å². The molecule has 0 saturated heterocycles. The van der Waals surface area contributed by atoms with Gasteiger partial charge in [0.25, 0.3) is 0 Å². The highest BCUT2D eigenvalue weighted by Crippen LogP contribution is 2.68. The van der Waals surface area contributed by atoms with Crippen LogP contribution >= 0.6 is 0 Å². The van der Waals surface area contributed by atoms with Gasteiger partial charge in [0.1, 0.15) is 17.8 Å². The van der Waals surface area contributed by atoms with E-state index >= 15 is 0 Å². The number of rotatable bonds is 7. The molecule has 3 saturated carbocycles. The molecule has 0 aromatic rings. The Kier molecular flexibility index (Phi) is 8.14. The van der Waals surface area contributed by atoms with Crippen molar-refractivity contribution in [3.8, 4) is 0 Å². The molecule has 10 nitrogen and oxygen atoms in total. The van der Waals surface area contributed by atoms with Crippen LogP contribution in [-0.2, 0) is 23.9 Å². The van der Waals surface area contributed by atoms with Crippen molar-refractivity contribution in [2.45, 2.75) is 135 Å². The van der Waals surface area contributed by atoms with E-state index in [1.165, 1.54) is 19.9 Å². The summed E-state index contributed by atoms with van der Waals surface area (Å²) in [5.41, 5.74) is -5.77. The summed E-state index contributed by atoms with van der Waals surface area (Å²) in [6, 6.07) is 0. The molecule has 3 fully saturated rings. The maximum absolute atomic E-state index is 13.6. The minimum Gasteiger partial charge on any atom is -0.460 e. The highest BCUT2D eigenvalue weighted by molar-refractivity contribution is 5.95. The minimum atomic E-state index is -1.62. The van der Waals surface area contributed by atoms with Crippen molar-refractivity contribution < 1.29 is 49.4 Å². The Labute approximate surface area is 242 Å². The van der Waals surface area contributed by atoms with E-state index in [0.29, 0.717) is 12.0 Å². The van der Waals surface area contributed by atoms with E-state index in [2.05, 4.69) is 0 Å². The average Bonchev–Trinajstić information content (AvgIpc) is 3.08. The summed E-state index contributed by atoms with van der Waals surface area (Å²) < 4.78 is 11.0. The van der Waals surface area contributed by atoms with E-state index in [0.717, 1.165) is 0 Å². The third-order valence-corrected chi connectivity index (χ3v) is 11.0. The Balaban J connectivity index is 1.73. The molecule has 0 aromatic carbocycles. The topological polar surface area (TPSA) is 171 Å². The molecule has 0 heterocycles. The van der Waals surface area contributed by atoms with Crippen molar-refractivity contribution >= 4 is 17.7 Å². The monoisotopic (exact) mass is 580 g/mol. The van der Waals surface area contributed by atoms with Gasteiger partial charge in [-0.05, 0) is 88.7 Å². The van der Waals surface area contributed by atoms with Gasteiger partial charge in [0, 0.05) is 31.1 Å². The molecule has 4 aliphatic rings. The zero-order chi connectivity index (χ0) is 30.9. The van der Waals surface area contributed by atoms with Gasteiger partial charge in [0.15, 0.2) is 5.78 Å². The molecule has 41 heavy (non-hydrogen) atoms. The molecule has 4 rings (SSSR count). The second-order valence-electron chi connectivity index (χ2n) is 14.5. The second-order valence-corrected chi connectivity index (χ2v) is 14.5. The Morgan fingerprint density at radius 2 is 1.71 bits per heavy atom. The first-order chi connectivity index (χ1) is 18.7. The maximum Gasteiger partial charge on any atom is 0.303 e. The van der Waals surface area contributed by atoms with Crippen LogP contribution in [0.5, 0.6) is 0 Å². The lowest BCUT2D eigenvalue weighted by Gasteiger charge is -2.62. The third-order valence-electron chi connectivity index (χ3n) is 11.0. The smallest absolute Gasteiger partial charge is 0.303 e. The van der Waals surface area contributed by atoms with Crippen LogP contribution in [0.4, 0.5) is 0 Å². The molecule has 0 aromatic heterocycles. The highest BCUT2D eigenvalue weighted by atomic mass is 16.6. The molecule has 0 spiro atoms. The van der Waals surface area contributed by atoms with Gasteiger partial charge in [-0.1, -0.05) is 13.8 Å². The number of ether oxygens (including phenoxy) is 2. The van der Waals surface area contributed by atoms with Gasteiger partial charge in [-0.2, -0.15) is 0 Å². The van der Waals surface area contributed by atoms with Crippen LogP contribution in [0.2, 0.25) is 0 Å². The highest BCUT2D eigenvalue weighted by Gasteiger charge is 2.71. The summed E-state index contributed by atoms with van der Waals surface area (Å²) in [5, 5.41) is 57.4. The fourth-order valence-electron chi connectivity index (χ4n) is 9.11. The van der Waals surface area contributed by atoms with Crippen LogP contribution in [0.15, 0.2) is 11.6 Å². The maximum atomic E-state index is 13.6. The number of aliphatic hydroxyl groups is 5. The van der Waals surface area contributed by atoms with Crippen molar-refractivity contribution in [1.29, 1.82) is 0 Å². The van der Waals surface area contributed by atoms with Gasteiger partial charge in [-0.15, -0.1) is 0 Å². The molecule has 4 aliphatic carbocycles. The molecule has 0 radical (unpaired) electrons. The standard InChI is InChI=1S/C31H48O10/c1-16(32)40-23-15-28(5)18(12-21(23)35)20(34)13-19-26(28)22(36)14-29(6)24(8-11-31(19,29)39)30(7,38)25(41-17(2)33)9-10-27(3,4)37/h13,18,21-26,35-39H,8-12,14-15H2,1-7H3/t18-,21+,22+,23-,24?,25+,26?,28-,29+,30-,31+/m0/s1. The molecule has 10 heteroatoms. The number of hydrogen-bond acceptors (Lipinski definition) is 10. The fourth-order valence-corrected chi connectivity index (χ4v) is 9.11. The van der Waals surface area contributed by atoms with E-state index in [1.807, 2.05) is 13.8 Å². The van der Waals surface area contributed by atoms with Gasteiger partial charge >= 0.3 is 11.9 Å². The molecule has 0 bridgehead atoms. The number of carbonyl (C=O) groups is 3. The molecule has 11 atom stereocenters. The van der Waals surface area contributed by atoms with E-state index in [1.54, 1.807) is 20.8 Å². The molecule has 5 N–H and O–H groups in total. The van der Waals surface area contributed by atoms with Crippen LogP contribution in [0, 0.1) is 28.6 Å². The summed E-state index contributed by atoms with van der Waals surface area (Å²) in [7, 11) is 0. The molecular weight excluding hydrogens is 532 g/mol. The van der Waals surface area contributed by atoms with Crippen LogP contribution in [0.25, 0.3) is 0 Å². The van der Waals surface area contributed by atoms with Crippen molar-refractivity contribution in [2.75, 3.05) is 0 Å². The summed E-state index contributed by atoms with van der Waals surface area (Å²) >= 11 is 0. The summed E-state index contributed by atoms with van der Waals surface area (Å²) in [6.45, 7) is 11.0. The normalized spacial score (nSPS) is 42.6. The SMILES string of the molecule is CC(=O)O[C@H]1C[C@]2(C)C3C(=CC(=O)[C@@H]2C[C@H]1O)[C@]1(O)CCC([C@](C)(O)[C@@H](CCC(C)(C)O)OC(C)=O)[C@@]1(C)C[C@H]3O. The Bertz CT molecular complexity index is 1110. The average molecular weight is 581 g/mol. The molecule has 0 amide bonds. The largest absolute Gasteiger partial charge is 0.460 e. The van der Waals surface area contributed by atoms with E-state index < -0.39 is 81.7 Å². The second kappa shape index (κ2) is 10.4.